The molecule has 0 unspecified atom stereocenters. The molecule has 2 saturated heterocycles. The van der Waals surface area contributed by atoms with Gasteiger partial charge in [-0.2, -0.15) is 23.5 Å². The van der Waals surface area contributed by atoms with Crippen LogP contribution in [0.25, 0.3) is 0 Å². The lowest BCUT2D eigenvalue weighted by atomic mass is 10.2. The van der Waals surface area contributed by atoms with Gasteiger partial charge in [-0.05, 0) is 0 Å². The van der Waals surface area contributed by atoms with Crippen molar-refractivity contribution >= 4 is 23.5 Å². The third kappa shape index (κ3) is 3.05. The molecule has 2 rings (SSSR count). The van der Waals surface area contributed by atoms with E-state index >= 15 is 0 Å². The first-order chi connectivity index (χ1) is 6.47. The molecule has 0 aliphatic carbocycles. The minimum absolute atomic E-state index is 0.847. The first-order valence-corrected chi connectivity index (χ1v) is 7.38. The molecule has 76 valence electrons. The molecule has 0 atom stereocenters. The van der Waals surface area contributed by atoms with Gasteiger partial charge in [0.05, 0.1) is 0 Å². The number of thioether (sulfide) groups is 2. The molecule has 2 fully saturated rings. The largest absolute Gasteiger partial charge is 0.314 e. The number of nitrogens with one attached hydrogen (secondary N) is 1. The van der Waals surface area contributed by atoms with Crippen molar-refractivity contribution in [2.24, 2.45) is 0 Å². The molecule has 13 heavy (non-hydrogen) atoms. The van der Waals surface area contributed by atoms with Crippen LogP contribution in [0.2, 0.25) is 0 Å². The molecule has 2 heterocycles. The predicted octanol–water partition coefficient (Wildman–Crippen LogP) is 0.740. The second kappa shape index (κ2) is 5.49. The van der Waals surface area contributed by atoms with E-state index in [4.69, 9.17) is 0 Å². The molecule has 2 aliphatic rings. The summed E-state index contributed by atoms with van der Waals surface area (Å²) >= 11 is 4.27. The zero-order chi connectivity index (χ0) is 8.93. The SMILES string of the molecule is C1CN(C2CSCCSC2)CCN1. The van der Waals surface area contributed by atoms with Gasteiger partial charge in [0.15, 0.2) is 0 Å². The van der Waals surface area contributed by atoms with Gasteiger partial charge < -0.3 is 5.32 Å². The van der Waals surface area contributed by atoms with E-state index in [1.165, 1.54) is 49.2 Å². The van der Waals surface area contributed by atoms with E-state index in [1.807, 2.05) is 0 Å². The second-order valence-electron chi connectivity index (χ2n) is 3.59. The fourth-order valence-electron chi connectivity index (χ4n) is 1.86. The van der Waals surface area contributed by atoms with E-state index in [1.54, 1.807) is 0 Å². The summed E-state index contributed by atoms with van der Waals surface area (Å²) in [4.78, 5) is 2.67. The summed E-state index contributed by atoms with van der Waals surface area (Å²) < 4.78 is 0. The minimum Gasteiger partial charge on any atom is -0.314 e. The second-order valence-corrected chi connectivity index (χ2v) is 5.89. The first-order valence-electron chi connectivity index (χ1n) is 5.07. The van der Waals surface area contributed by atoms with Crippen LogP contribution in [0.1, 0.15) is 0 Å². The number of nitrogens with zero attached hydrogens (tertiary/aromatic N) is 1. The molecule has 0 aromatic carbocycles. The maximum atomic E-state index is 3.41. The summed E-state index contributed by atoms with van der Waals surface area (Å²) in [6, 6.07) is 0.847. The Labute approximate surface area is 89.2 Å². The van der Waals surface area contributed by atoms with Crippen molar-refractivity contribution in [3.8, 4) is 0 Å². The zero-order valence-electron chi connectivity index (χ0n) is 8.00. The van der Waals surface area contributed by atoms with Gasteiger partial charge in [-0.15, -0.1) is 0 Å². The Morgan fingerprint density at radius 1 is 1.00 bits per heavy atom. The lowest BCUT2D eigenvalue weighted by molar-refractivity contribution is 0.201. The van der Waals surface area contributed by atoms with Crippen molar-refractivity contribution in [3.05, 3.63) is 0 Å². The van der Waals surface area contributed by atoms with E-state index in [0.29, 0.717) is 0 Å². The maximum Gasteiger partial charge on any atom is 0.0278 e. The highest BCUT2D eigenvalue weighted by atomic mass is 32.2. The van der Waals surface area contributed by atoms with E-state index in [0.717, 1.165) is 6.04 Å². The van der Waals surface area contributed by atoms with Crippen LogP contribution < -0.4 is 5.32 Å². The van der Waals surface area contributed by atoms with Crippen molar-refractivity contribution in [2.45, 2.75) is 6.04 Å². The highest BCUT2D eigenvalue weighted by molar-refractivity contribution is 8.03. The Balaban J connectivity index is 1.82. The summed E-state index contributed by atoms with van der Waals surface area (Å²) in [6.07, 6.45) is 0. The van der Waals surface area contributed by atoms with Gasteiger partial charge in [-0.1, -0.05) is 0 Å². The molecule has 0 aromatic rings. The number of rotatable bonds is 1. The van der Waals surface area contributed by atoms with Gasteiger partial charge in [0.25, 0.3) is 0 Å². The highest BCUT2D eigenvalue weighted by Crippen LogP contribution is 2.20. The van der Waals surface area contributed by atoms with Gasteiger partial charge in [-0.3, -0.25) is 4.90 Å². The molecule has 0 spiro atoms. The van der Waals surface area contributed by atoms with E-state index < -0.39 is 0 Å². The smallest absolute Gasteiger partial charge is 0.0278 e. The van der Waals surface area contributed by atoms with Crippen LogP contribution in [0.4, 0.5) is 0 Å². The summed E-state index contributed by atoms with van der Waals surface area (Å²) in [5.74, 6) is 5.42. The van der Waals surface area contributed by atoms with Crippen LogP contribution in [0.5, 0.6) is 0 Å². The Bertz CT molecular complexity index is 141. The van der Waals surface area contributed by atoms with Crippen LogP contribution in [-0.2, 0) is 0 Å². The summed E-state index contributed by atoms with van der Waals surface area (Å²) in [7, 11) is 0. The zero-order valence-corrected chi connectivity index (χ0v) is 9.63. The fourth-order valence-corrected chi connectivity index (χ4v) is 4.49. The van der Waals surface area contributed by atoms with Gasteiger partial charge in [0.1, 0.15) is 0 Å². The number of hydrogen-bond acceptors (Lipinski definition) is 4. The van der Waals surface area contributed by atoms with Gasteiger partial charge in [-0.25, -0.2) is 0 Å². The number of hydrogen-bond donors (Lipinski definition) is 1. The fraction of sp³-hybridized carbons (Fsp3) is 1.00. The molecule has 1 N–H and O–H groups in total. The summed E-state index contributed by atoms with van der Waals surface area (Å²) in [5.41, 5.74) is 0. The average molecular weight is 218 g/mol. The third-order valence-corrected chi connectivity index (χ3v) is 5.15. The van der Waals surface area contributed by atoms with Crippen LogP contribution in [0.15, 0.2) is 0 Å². The van der Waals surface area contributed by atoms with E-state index in [-0.39, 0.29) is 0 Å². The van der Waals surface area contributed by atoms with Crippen LogP contribution in [-0.4, -0.2) is 60.1 Å². The summed E-state index contributed by atoms with van der Waals surface area (Å²) in [6.45, 7) is 4.88. The normalized spacial score (nSPS) is 28.6. The monoisotopic (exact) mass is 218 g/mol. The van der Waals surface area contributed by atoms with Crippen molar-refractivity contribution in [3.63, 3.8) is 0 Å². The van der Waals surface area contributed by atoms with Crippen LogP contribution >= 0.6 is 23.5 Å². The Morgan fingerprint density at radius 3 is 2.23 bits per heavy atom. The van der Waals surface area contributed by atoms with Crippen molar-refractivity contribution in [2.75, 3.05) is 49.2 Å². The molecule has 2 aliphatic heterocycles. The molecular formula is C9H18N2S2. The lowest BCUT2D eigenvalue weighted by Crippen LogP contribution is -2.50. The lowest BCUT2D eigenvalue weighted by Gasteiger charge is -2.33. The number of piperazine rings is 1. The Morgan fingerprint density at radius 2 is 1.62 bits per heavy atom. The van der Waals surface area contributed by atoms with Crippen molar-refractivity contribution < 1.29 is 0 Å². The molecule has 0 amide bonds. The van der Waals surface area contributed by atoms with Gasteiger partial charge in [0.2, 0.25) is 0 Å². The molecule has 0 saturated carbocycles. The minimum atomic E-state index is 0.847. The molecule has 0 bridgehead atoms. The van der Waals surface area contributed by atoms with Crippen LogP contribution in [0, 0.1) is 0 Å². The third-order valence-electron chi connectivity index (χ3n) is 2.66. The Kier molecular flexibility index (Phi) is 4.28. The maximum absolute atomic E-state index is 3.41. The molecular weight excluding hydrogens is 200 g/mol. The predicted molar refractivity (Wildman–Crippen MR) is 62.9 cm³/mol. The van der Waals surface area contributed by atoms with Crippen LogP contribution in [0.3, 0.4) is 0 Å². The quantitative estimate of drug-likeness (QED) is 0.698. The molecule has 0 radical (unpaired) electrons. The standard InChI is InChI=1S/C9H18N2S2/c1-3-11(4-2-10-1)9-7-12-5-6-13-8-9/h9-10H,1-8H2. The average Bonchev–Trinajstić information content (AvgIpc) is 2.47. The van der Waals surface area contributed by atoms with Crippen molar-refractivity contribution in [1.82, 2.24) is 10.2 Å². The van der Waals surface area contributed by atoms with Gasteiger partial charge >= 0.3 is 0 Å². The van der Waals surface area contributed by atoms with E-state index in [2.05, 4.69) is 33.7 Å². The molecule has 2 nitrogen and oxygen atoms in total. The Hall–Kier alpha value is 0.620. The molecule has 0 aromatic heterocycles. The van der Waals surface area contributed by atoms with Gasteiger partial charge in [0, 0.05) is 55.2 Å². The molecule has 4 heteroatoms. The first kappa shape index (κ1) is 10.1. The highest BCUT2D eigenvalue weighted by Gasteiger charge is 2.21. The topological polar surface area (TPSA) is 15.3 Å². The van der Waals surface area contributed by atoms with Crippen molar-refractivity contribution in [1.29, 1.82) is 0 Å². The van der Waals surface area contributed by atoms with E-state index in [9.17, 15) is 0 Å². The summed E-state index contributed by atoms with van der Waals surface area (Å²) in [5, 5.41) is 3.41.